The van der Waals surface area contributed by atoms with E-state index in [1.807, 2.05) is 12.1 Å². The summed E-state index contributed by atoms with van der Waals surface area (Å²) in [7, 11) is 0. The monoisotopic (exact) mass is 313 g/mol. The maximum atomic E-state index is 11.3. The number of carbonyl (C=O) groups is 1. The molecule has 1 aromatic heterocycles. The summed E-state index contributed by atoms with van der Waals surface area (Å²) in [5.41, 5.74) is 1.90. The number of halogens is 2. The maximum Gasteiger partial charge on any atom is 0.181 e. The van der Waals surface area contributed by atoms with Gasteiger partial charge in [0.05, 0.1) is 16.4 Å². The van der Waals surface area contributed by atoms with Crippen molar-refractivity contribution in [2.45, 2.75) is 13.8 Å². The van der Waals surface area contributed by atoms with E-state index in [0.29, 0.717) is 16.4 Å². The second-order valence-electron chi connectivity index (χ2n) is 3.59. The van der Waals surface area contributed by atoms with E-state index in [1.54, 1.807) is 17.7 Å². The molecule has 4 nitrogen and oxygen atoms in total. The topological polar surface area (TPSA) is 47.8 Å². The van der Waals surface area contributed by atoms with Crippen molar-refractivity contribution in [3.05, 3.63) is 39.1 Å². The highest BCUT2D eigenvalue weighted by Gasteiger charge is 2.13. The predicted molar refractivity (Wildman–Crippen MR) is 68.8 cm³/mol. The van der Waals surface area contributed by atoms with Gasteiger partial charge in [0.25, 0.3) is 0 Å². The van der Waals surface area contributed by atoms with Gasteiger partial charge in [0, 0.05) is 11.4 Å². The summed E-state index contributed by atoms with van der Waals surface area (Å²) in [5, 5.41) is 8.44. The fourth-order valence-corrected chi connectivity index (χ4v) is 2.00. The van der Waals surface area contributed by atoms with E-state index in [4.69, 9.17) is 11.6 Å². The third kappa shape index (κ3) is 2.25. The molecule has 1 aromatic carbocycles. The summed E-state index contributed by atoms with van der Waals surface area (Å²) in [6, 6.07) is 5.40. The molecule has 0 bridgehead atoms. The second-order valence-corrected chi connectivity index (χ2v) is 4.85. The Morgan fingerprint density at radius 1 is 1.47 bits per heavy atom. The first-order valence-corrected chi connectivity index (χ1v) is 6.06. The lowest BCUT2D eigenvalue weighted by Gasteiger charge is -2.04. The average Bonchev–Trinajstić information content (AvgIpc) is 2.64. The lowest BCUT2D eigenvalue weighted by Crippen LogP contribution is -2.01. The molecule has 0 unspecified atom stereocenters. The summed E-state index contributed by atoms with van der Waals surface area (Å²) < 4.78 is 2.38. The largest absolute Gasteiger partial charge is 0.293 e. The summed E-state index contributed by atoms with van der Waals surface area (Å²) in [6.07, 6.45) is 0. The van der Waals surface area contributed by atoms with Gasteiger partial charge in [-0.25, -0.2) is 4.68 Å². The van der Waals surface area contributed by atoms with Crippen LogP contribution in [0.15, 0.2) is 22.7 Å². The standard InChI is InChI=1S/C11H9BrClN3O/c1-6-11(7(2)17)14-15-16(6)8-3-4-10(13)9(12)5-8/h3-5H,1-2H3. The number of rotatable bonds is 2. The number of hydrogen-bond acceptors (Lipinski definition) is 3. The predicted octanol–water partition coefficient (Wildman–Crippen LogP) is 3.19. The van der Waals surface area contributed by atoms with E-state index in [2.05, 4.69) is 26.2 Å². The van der Waals surface area contributed by atoms with Gasteiger partial charge in [0.1, 0.15) is 0 Å². The van der Waals surface area contributed by atoms with Crippen LogP contribution in [0.5, 0.6) is 0 Å². The summed E-state index contributed by atoms with van der Waals surface area (Å²) in [6.45, 7) is 3.28. The number of ketones is 1. The zero-order valence-electron chi connectivity index (χ0n) is 9.24. The first kappa shape index (κ1) is 12.3. The van der Waals surface area contributed by atoms with Crippen LogP contribution in [0.4, 0.5) is 0 Å². The average molecular weight is 315 g/mol. The molecular formula is C11H9BrClN3O. The Morgan fingerprint density at radius 2 is 2.18 bits per heavy atom. The minimum absolute atomic E-state index is 0.0956. The lowest BCUT2D eigenvalue weighted by molar-refractivity contribution is 0.101. The quantitative estimate of drug-likeness (QED) is 0.800. The molecule has 6 heteroatoms. The number of hydrogen-bond donors (Lipinski definition) is 0. The van der Waals surface area contributed by atoms with Gasteiger partial charge in [-0.3, -0.25) is 4.79 Å². The molecule has 0 amide bonds. The van der Waals surface area contributed by atoms with Crippen molar-refractivity contribution in [3.63, 3.8) is 0 Å². The van der Waals surface area contributed by atoms with Crippen molar-refractivity contribution in [1.82, 2.24) is 15.0 Å². The molecule has 0 aliphatic heterocycles. The first-order chi connectivity index (χ1) is 8.00. The third-order valence-corrected chi connectivity index (χ3v) is 3.59. The van der Waals surface area contributed by atoms with Crippen LogP contribution in [-0.2, 0) is 0 Å². The van der Waals surface area contributed by atoms with Crippen LogP contribution in [0.2, 0.25) is 5.02 Å². The van der Waals surface area contributed by atoms with Crippen molar-refractivity contribution < 1.29 is 4.79 Å². The van der Waals surface area contributed by atoms with Crippen LogP contribution in [0.3, 0.4) is 0 Å². The highest BCUT2D eigenvalue weighted by Crippen LogP contribution is 2.25. The van der Waals surface area contributed by atoms with Gasteiger partial charge < -0.3 is 0 Å². The van der Waals surface area contributed by atoms with Crippen LogP contribution in [0.1, 0.15) is 23.1 Å². The number of aromatic nitrogens is 3. The first-order valence-electron chi connectivity index (χ1n) is 4.89. The Labute approximate surface area is 112 Å². The van der Waals surface area contributed by atoms with Crippen LogP contribution in [-0.4, -0.2) is 20.8 Å². The van der Waals surface area contributed by atoms with E-state index in [0.717, 1.165) is 10.2 Å². The number of carbonyl (C=O) groups excluding carboxylic acids is 1. The Morgan fingerprint density at radius 3 is 2.71 bits per heavy atom. The van der Waals surface area contributed by atoms with Crippen molar-refractivity contribution in [2.75, 3.05) is 0 Å². The molecule has 0 fully saturated rings. The zero-order valence-corrected chi connectivity index (χ0v) is 11.6. The molecule has 0 spiro atoms. The Bertz CT molecular complexity index is 594. The molecule has 0 radical (unpaired) electrons. The molecule has 2 aromatic rings. The van der Waals surface area contributed by atoms with Crippen molar-refractivity contribution in [1.29, 1.82) is 0 Å². The van der Waals surface area contributed by atoms with E-state index < -0.39 is 0 Å². The minimum atomic E-state index is -0.0956. The maximum absolute atomic E-state index is 11.3. The minimum Gasteiger partial charge on any atom is -0.293 e. The number of Topliss-reactive ketones (excluding diaryl/α,β-unsaturated/α-hetero) is 1. The van der Waals surface area contributed by atoms with Gasteiger partial charge in [-0.05, 0) is 41.1 Å². The Balaban J connectivity index is 2.53. The van der Waals surface area contributed by atoms with Crippen molar-refractivity contribution in [2.24, 2.45) is 0 Å². The van der Waals surface area contributed by atoms with Gasteiger partial charge in [0.15, 0.2) is 11.5 Å². The SMILES string of the molecule is CC(=O)c1nnn(-c2ccc(Cl)c(Br)c2)c1C. The van der Waals surface area contributed by atoms with Gasteiger partial charge in [-0.2, -0.15) is 0 Å². The zero-order chi connectivity index (χ0) is 12.6. The van der Waals surface area contributed by atoms with Crippen molar-refractivity contribution >= 4 is 33.3 Å². The molecular weight excluding hydrogens is 305 g/mol. The lowest BCUT2D eigenvalue weighted by atomic mass is 10.2. The van der Waals surface area contributed by atoms with Gasteiger partial charge in [-0.15, -0.1) is 5.10 Å². The Kier molecular flexibility index (Phi) is 3.31. The smallest absolute Gasteiger partial charge is 0.181 e. The molecule has 0 saturated heterocycles. The fourth-order valence-electron chi connectivity index (χ4n) is 1.52. The number of nitrogens with zero attached hydrogens (tertiary/aromatic N) is 3. The molecule has 88 valence electrons. The summed E-state index contributed by atoms with van der Waals surface area (Å²) >= 11 is 9.26. The molecule has 0 aliphatic rings. The second kappa shape index (κ2) is 4.58. The van der Waals surface area contributed by atoms with Gasteiger partial charge >= 0.3 is 0 Å². The fraction of sp³-hybridized carbons (Fsp3) is 0.182. The number of benzene rings is 1. The highest BCUT2D eigenvalue weighted by molar-refractivity contribution is 9.10. The van der Waals surface area contributed by atoms with E-state index in [1.165, 1.54) is 6.92 Å². The molecule has 1 heterocycles. The van der Waals surface area contributed by atoms with Crippen LogP contribution >= 0.6 is 27.5 Å². The third-order valence-electron chi connectivity index (χ3n) is 2.38. The normalized spacial score (nSPS) is 10.6. The van der Waals surface area contributed by atoms with E-state index in [-0.39, 0.29) is 5.78 Å². The Hall–Kier alpha value is -1.20. The molecule has 0 aliphatic carbocycles. The van der Waals surface area contributed by atoms with Crippen LogP contribution < -0.4 is 0 Å². The summed E-state index contributed by atoms with van der Waals surface area (Å²) in [4.78, 5) is 11.3. The van der Waals surface area contributed by atoms with Gasteiger partial charge in [0.2, 0.25) is 0 Å². The molecule has 0 atom stereocenters. The van der Waals surface area contributed by atoms with Crippen LogP contribution in [0.25, 0.3) is 5.69 Å². The molecule has 2 rings (SSSR count). The summed E-state index contributed by atoms with van der Waals surface area (Å²) in [5.74, 6) is -0.0956. The molecule has 0 N–H and O–H groups in total. The molecule has 17 heavy (non-hydrogen) atoms. The molecule has 0 saturated carbocycles. The highest BCUT2D eigenvalue weighted by atomic mass is 79.9. The van der Waals surface area contributed by atoms with E-state index in [9.17, 15) is 4.79 Å². The van der Waals surface area contributed by atoms with Gasteiger partial charge in [-0.1, -0.05) is 16.8 Å². The van der Waals surface area contributed by atoms with Crippen molar-refractivity contribution in [3.8, 4) is 5.69 Å². The van der Waals surface area contributed by atoms with E-state index >= 15 is 0 Å². The van der Waals surface area contributed by atoms with Crippen LogP contribution in [0, 0.1) is 6.92 Å².